The van der Waals surface area contributed by atoms with Crippen LogP contribution in [0.2, 0.25) is 0 Å². The molecule has 1 fully saturated rings. The number of amides is 2. The lowest BCUT2D eigenvalue weighted by molar-refractivity contribution is -0.140. The van der Waals surface area contributed by atoms with Crippen molar-refractivity contribution < 1.29 is 27.1 Å². The zero-order valence-electron chi connectivity index (χ0n) is 26.7. The van der Waals surface area contributed by atoms with Crippen molar-refractivity contribution in [1.82, 2.24) is 10.2 Å². The van der Waals surface area contributed by atoms with Crippen LogP contribution >= 0.6 is 15.9 Å². The van der Waals surface area contributed by atoms with Crippen LogP contribution in [-0.4, -0.2) is 50.4 Å². The Labute approximate surface area is 290 Å². The molecule has 4 aromatic rings. The molecule has 0 unspecified atom stereocenters. The van der Waals surface area contributed by atoms with Crippen molar-refractivity contribution in [3.63, 3.8) is 0 Å². The van der Waals surface area contributed by atoms with Crippen LogP contribution < -0.4 is 14.4 Å². The number of carbonyl (C=O) groups is 2. The van der Waals surface area contributed by atoms with Gasteiger partial charge in [-0.1, -0.05) is 77.3 Å². The average molecular weight is 737 g/mol. The number of nitrogens with one attached hydrogen (secondary N) is 1. The van der Waals surface area contributed by atoms with E-state index in [9.17, 15) is 18.0 Å². The van der Waals surface area contributed by atoms with Gasteiger partial charge in [-0.25, -0.2) is 12.8 Å². The van der Waals surface area contributed by atoms with E-state index < -0.39 is 34.3 Å². The highest BCUT2D eigenvalue weighted by Crippen LogP contribution is 2.28. The molecule has 1 aliphatic carbocycles. The van der Waals surface area contributed by atoms with E-state index in [2.05, 4.69) is 21.2 Å². The van der Waals surface area contributed by atoms with Crippen molar-refractivity contribution in [2.45, 2.75) is 62.6 Å². The number of rotatable bonds is 14. The average Bonchev–Trinajstić information content (AvgIpc) is 3.60. The van der Waals surface area contributed by atoms with Gasteiger partial charge in [-0.2, -0.15) is 0 Å². The molecule has 4 aromatic carbocycles. The van der Waals surface area contributed by atoms with Crippen LogP contribution in [0.4, 0.5) is 10.1 Å². The van der Waals surface area contributed by atoms with Gasteiger partial charge in [0, 0.05) is 29.0 Å². The number of nitrogens with zero attached hydrogens (tertiary/aromatic N) is 2. The van der Waals surface area contributed by atoms with Crippen molar-refractivity contribution >= 4 is 43.5 Å². The molecule has 8 nitrogen and oxygen atoms in total. The molecule has 0 bridgehead atoms. The van der Waals surface area contributed by atoms with Crippen molar-refractivity contribution in [2.75, 3.05) is 17.5 Å². The fourth-order valence-electron chi connectivity index (χ4n) is 5.87. The second kappa shape index (κ2) is 16.3. The molecule has 252 valence electrons. The maximum absolute atomic E-state index is 15.1. The first-order valence-electron chi connectivity index (χ1n) is 16.0. The third kappa shape index (κ3) is 8.82. The van der Waals surface area contributed by atoms with Crippen molar-refractivity contribution in [2.24, 2.45) is 0 Å². The van der Waals surface area contributed by atoms with Crippen molar-refractivity contribution in [3.8, 4) is 5.75 Å². The number of ether oxygens (including phenoxy) is 1. The summed E-state index contributed by atoms with van der Waals surface area (Å²) in [4.78, 5) is 30.0. The Kier molecular flexibility index (Phi) is 11.9. The van der Waals surface area contributed by atoms with Gasteiger partial charge in [-0.05, 0) is 79.9 Å². The van der Waals surface area contributed by atoms with Crippen LogP contribution in [0, 0.1) is 5.82 Å². The van der Waals surface area contributed by atoms with E-state index in [1.165, 1.54) is 23.1 Å². The zero-order valence-corrected chi connectivity index (χ0v) is 29.1. The molecule has 0 saturated heterocycles. The summed E-state index contributed by atoms with van der Waals surface area (Å²) in [6.07, 6.45) is 3.82. The Hall–Kier alpha value is -4.22. The van der Waals surface area contributed by atoms with E-state index >= 15 is 4.39 Å². The minimum absolute atomic E-state index is 0.0205. The summed E-state index contributed by atoms with van der Waals surface area (Å²) in [7, 11) is -4.28. The molecule has 0 spiro atoms. The Balaban J connectivity index is 1.57. The summed E-state index contributed by atoms with van der Waals surface area (Å²) in [6, 6.07) is 26.8. The van der Waals surface area contributed by atoms with Crippen LogP contribution in [0.1, 0.15) is 43.7 Å². The van der Waals surface area contributed by atoms with Crippen LogP contribution in [-0.2, 0) is 32.6 Å². The van der Waals surface area contributed by atoms with Crippen molar-refractivity contribution in [3.05, 3.63) is 125 Å². The summed E-state index contributed by atoms with van der Waals surface area (Å²) in [6.45, 7) is 1.39. The first-order chi connectivity index (χ1) is 23.2. The van der Waals surface area contributed by atoms with E-state index in [1.807, 2.05) is 37.3 Å². The first-order valence-corrected chi connectivity index (χ1v) is 18.3. The number of halogens is 2. The van der Waals surface area contributed by atoms with Gasteiger partial charge in [0.25, 0.3) is 10.0 Å². The predicted molar refractivity (Wildman–Crippen MR) is 188 cm³/mol. The maximum atomic E-state index is 15.1. The van der Waals surface area contributed by atoms with Crippen LogP contribution in [0.5, 0.6) is 5.75 Å². The SMILES string of the molecule is CCOc1ccc(N(CC(=O)N(Cc2ccccc2F)[C@@H](Cc2ccccc2)C(=O)NC2CCCC2)S(=O)(=O)c2ccc(Br)cc2)cc1. The molecular weight excluding hydrogens is 697 g/mol. The first kappa shape index (κ1) is 35.1. The van der Waals surface area contributed by atoms with Gasteiger partial charge in [0.15, 0.2) is 0 Å². The molecule has 1 aliphatic rings. The Bertz CT molecular complexity index is 1780. The van der Waals surface area contributed by atoms with E-state index in [-0.39, 0.29) is 41.1 Å². The summed E-state index contributed by atoms with van der Waals surface area (Å²) >= 11 is 3.35. The number of sulfonamides is 1. The third-order valence-corrected chi connectivity index (χ3v) is 10.7. The fraction of sp³-hybridized carbons (Fsp3) is 0.297. The highest BCUT2D eigenvalue weighted by molar-refractivity contribution is 9.10. The lowest BCUT2D eigenvalue weighted by atomic mass is 10.0. The van der Waals surface area contributed by atoms with Crippen LogP contribution in [0.15, 0.2) is 112 Å². The van der Waals surface area contributed by atoms with Gasteiger partial charge in [0.1, 0.15) is 24.2 Å². The number of hydrogen-bond donors (Lipinski definition) is 1. The maximum Gasteiger partial charge on any atom is 0.264 e. The topological polar surface area (TPSA) is 96.0 Å². The molecule has 1 saturated carbocycles. The monoisotopic (exact) mass is 735 g/mol. The summed E-state index contributed by atoms with van der Waals surface area (Å²) in [5.41, 5.74) is 1.25. The van der Waals surface area contributed by atoms with E-state index in [4.69, 9.17) is 4.74 Å². The van der Waals surface area contributed by atoms with Crippen molar-refractivity contribution in [1.29, 1.82) is 0 Å². The molecule has 1 atom stereocenters. The summed E-state index contributed by atoms with van der Waals surface area (Å²) in [5.74, 6) is -1.01. The molecule has 0 aromatic heterocycles. The molecule has 11 heteroatoms. The molecule has 0 radical (unpaired) electrons. The van der Waals surface area contributed by atoms with Gasteiger partial charge in [-0.3, -0.25) is 13.9 Å². The number of benzene rings is 4. The fourth-order valence-corrected chi connectivity index (χ4v) is 7.55. The smallest absolute Gasteiger partial charge is 0.264 e. The molecular formula is C37H39BrFN3O5S. The van der Waals surface area contributed by atoms with Gasteiger partial charge in [0.2, 0.25) is 11.8 Å². The molecule has 5 rings (SSSR count). The quantitative estimate of drug-likeness (QED) is 0.152. The van der Waals surface area contributed by atoms with Gasteiger partial charge in [-0.15, -0.1) is 0 Å². The van der Waals surface area contributed by atoms with Crippen LogP contribution in [0.3, 0.4) is 0 Å². The van der Waals surface area contributed by atoms with Crippen LogP contribution in [0.25, 0.3) is 0 Å². The molecule has 0 aliphatic heterocycles. The summed E-state index contributed by atoms with van der Waals surface area (Å²) in [5, 5.41) is 3.12. The highest BCUT2D eigenvalue weighted by Gasteiger charge is 2.36. The standard InChI is InChI=1S/C37H39BrFN3O5S/c1-2-47-32-20-18-31(19-21-32)42(48(45,46)33-22-16-29(38)17-23-33)26-36(43)41(25-28-12-6-9-15-34(28)39)35(24-27-10-4-3-5-11-27)37(44)40-30-13-7-8-14-30/h3-6,9-12,15-23,30,35H,2,7-8,13-14,24-26H2,1H3,(H,40,44)/t35-/m0/s1. The third-order valence-electron chi connectivity index (χ3n) is 8.39. The Morgan fingerprint density at radius 1 is 0.917 bits per heavy atom. The van der Waals surface area contributed by atoms with Gasteiger partial charge in [0.05, 0.1) is 17.2 Å². The Morgan fingerprint density at radius 3 is 2.21 bits per heavy atom. The number of carbonyl (C=O) groups excluding carboxylic acids is 2. The second-order valence-corrected chi connectivity index (χ2v) is 14.5. The molecule has 1 N–H and O–H groups in total. The lowest BCUT2D eigenvalue weighted by Gasteiger charge is -2.34. The predicted octanol–water partition coefficient (Wildman–Crippen LogP) is 6.88. The lowest BCUT2D eigenvalue weighted by Crippen LogP contribution is -2.54. The number of hydrogen-bond acceptors (Lipinski definition) is 5. The normalized spacial score (nSPS) is 13.9. The van der Waals surface area contributed by atoms with E-state index in [0.29, 0.717) is 16.8 Å². The van der Waals surface area contributed by atoms with E-state index in [1.54, 1.807) is 54.6 Å². The highest BCUT2D eigenvalue weighted by atomic mass is 79.9. The van der Waals surface area contributed by atoms with Gasteiger partial charge >= 0.3 is 0 Å². The minimum atomic E-state index is -4.28. The summed E-state index contributed by atoms with van der Waals surface area (Å²) < 4.78 is 50.9. The minimum Gasteiger partial charge on any atom is -0.494 e. The molecule has 0 heterocycles. The number of anilines is 1. The molecule has 48 heavy (non-hydrogen) atoms. The Morgan fingerprint density at radius 2 is 1.56 bits per heavy atom. The van der Waals surface area contributed by atoms with E-state index in [0.717, 1.165) is 35.6 Å². The second-order valence-electron chi connectivity index (χ2n) is 11.7. The zero-order chi connectivity index (χ0) is 34.1. The largest absolute Gasteiger partial charge is 0.494 e. The molecule has 2 amide bonds. The van der Waals surface area contributed by atoms with Gasteiger partial charge < -0.3 is 15.0 Å².